The average Bonchev–Trinajstić information content (AvgIpc) is 3.45. The molecule has 0 unspecified atom stereocenters. The predicted octanol–water partition coefficient (Wildman–Crippen LogP) is 4.45. The van der Waals surface area contributed by atoms with Gasteiger partial charge in [0.25, 0.3) is 0 Å². The number of anilines is 1. The number of carbonyl (C=O) groups is 1. The topological polar surface area (TPSA) is 100 Å². The van der Waals surface area contributed by atoms with E-state index in [-0.39, 0.29) is 12.7 Å². The molecular formula is C25H21N5O4. The third-order valence-electron chi connectivity index (χ3n) is 5.29. The molecule has 1 aliphatic rings. The Kier molecular flexibility index (Phi) is 5.65. The summed E-state index contributed by atoms with van der Waals surface area (Å²) in [4.78, 5) is 16.5. The highest BCUT2D eigenvalue weighted by Gasteiger charge is 2.12. The fourth-order valence-electron chi connectivity index (χ4n) is 3.33. The molecule has 3 heterocycles. The van der Waals surface area contributed by atoms with Crippen LogP contribution in [0, 0.1) is 13.8 Å². The molecular weight excluding hydrogens is 434 g/mol. The number of ether oxygens (including phenoxy) is 3. The number of aromatic nitrogens is 4. The van der Waals surface area contributed by atoms with Gasteiger partial charge in [-0.25, -0.2) is 4.98 Å². The molecule has 1 aliphatic heterocycles. The zero-order valence-corrected chi connectivity index (χ0v) is 18.6. The Morgan fingerprint density at radius 1 is 1.03 bits per heavy atom. The molecule has 1 amide bonds. The Bertz CT molecular complexity index is 1360. The highest BCUT2D eigenvalue weighted by molar-refractivity contribution is 6.02. The van der Waals surface area contributed by atoms with E-state index in [1.54, 1.807) is 42.7 Å². The molecule has 0 saturated carbocycles. The maximum absolute atomic E-state index is 12.3. The van der Waals surface area contributed by atoms with E-state index in [9.17, 15) is 4.79 Å². The van der Waals surface area contributed by atoms with Crippen molar-refractivity contribution in [1.29, 1.82) is 0 Å². The lowest BCUT2D eigenvalue weighted by Crippen LogP contribution is -2.07. The van der Waals surface area contributed by atoms with Crippen molar-refractivity contribution in [2.75, 3.05) is 12.1 Å². The van der Waals surface area contributed by atoms with Crippen LogP contribution in [0.4, 0.5) is 5.69 Å². The zero-order chi connectivity index (χ0) is 23.5. The number of carbonyl (C=O) groups excluding carboxylic acids is 1. The number of amides is 1. The lowest BCUT2D eigenvalue weighted by atomic mass is 10.2. The van der Waals surface area contributed by atoms with E-state index in [2.05, 4.69) is 20.5 Å². The number of benzene rings is 2. The first kappa shape index (κ1) is 21.2. The van der Waals surface area contributed by atoms with Crippen LogP contribution in [-0.4, -0.2) is 32.4 Å². The van der Waals surface area contributed by atoms with Crippen LogP contribution in [0.5, 0.6) is 23.1 Å². The van der Waals surface area contributed by atoms with Gasteiger partial charge in [0.05, 0.1) is 5.69 Å². The number of hydrogen-bond donors (Lipinski definition) is 1. The second-order valence-electron chi connectivity index (χ2n) is 7.58. The number of hydrogen-bond acceptors (Lipinski definition) is 7. The summed E-state index contributed by atoms with van der Waals surface area (Å²) in [7, 11) is 0. The minimum Gasteiger partial charge on any atom is -0.454 e. The van der Waals surface area contributed by atoms with E-state index in [4.69, 9.17) is 14.2 Å². The van der Waals surface area contributed by atoms with Gasteiger partial charge in [0, 0.05) is 23.5 Å². The third kappa shape index (κ3) is 4.58. The SMILES string of the molecule is Cc1ncn(-c2ccc(Oc3ccc(NC(=O)/C=C/c4ccc5c(c4)OCO5)cc3)nn2)c1C. The van der Waals surface area contributed by atoms with E-state index in [1.165, 1.54) is 6.08 Å². The van der Waals surface area contributed by atoms with Crippen LogP contribution in [0.25, 0.3) is 11.9 Å². The molecule has 5 rings (SSSR count). The van der Waals surface area contributed by atoms with Crippen molar-refractivity contribution in [1.82, 2.24) is 19.7 Å². The summed E-state index contributed by atoms with van der Waals surface area (Å²) in [5.74, 6) is 2.72. The van der Waals surface area contributed by atoms with Crippen molar-refractivity contribution in [3.05, 3.63) is 84.0 Å². The first-order chi connectivity index (χ1) is 16.5. The molecule has 0 fully saturated rings. The quantitative estimate of drug-likeness (QED) is 0.429. The Hall–Kier alpha value is -4.66. The van der Waals surface area contributed by atoms with Crippen LogP contribution in [-0.2, 0) is 4.79 Å². The normalized spacial score (nSPS) is 12.2. The molecule has 0 atom stereocenters. The molecule has 0 bridgehead atoms. The summed E-state index contributed by atoms with van der Waals surface area (Å²) in [6, 6.07) is 16.1. The number of aryl methyl sites for hydroxylation is 1. The Labute approximate surface area is 195 Å². The molecule has 9 heteroatoms. The van der Waals surface area contributed by atoms with Gasteiger partial charge in [0.2, 0.25) is 18.6 Å². The summed E-state index contributed by atoms with van der Waals surface area (Å²) >= 11 is 0. The minimum absolute atomic E-state index is 0.214. The molecule has 0 aliphatic carbocycles. The van der Waals surface area contributed by atoms with Gasteiger partial charge in [-0.15, -0.1) is 10.2 Å². The molecule has 170 valence electrons. The van der Waals surface area contributed by atoms with E-state index in [1.807, 2.05) is 42.7 Å². The van der Waals surface area contributed by atoms with Gasteiger partial charge < -0.3 is 19.5 Å². The predicted molar refractivity (Wildman–Crippen MR) is 125 cm³/mol. The smallest absolute Gasteiger partial charge is 0.248 e. The Balaban J connectivity index is 1.17. The summed E-state index contributed by atoms with van der Waals surface area (Å²) in [6.07, 6.45) is 4.89. The van der Waals surface area contributed by atoms with Gasteiger partial charge in [0.1, 0.15) is 12.1 Å². The third-order valence-corrected chi connectivity index (χ3v) is 5.29. The van der Waals surface area contributed by atoms with Crippen molar-refractivity contribution >= 4 is 17.7 Å². The van der Waals surface area contributed by atoms with Crippen LogP contribution in [0.3, 0.4) is 0 Å². The number of rotatable bonds is 6. The molecule has 4 aromatic rings. The first-order valence-corrected chi connectivity index (χ1v) is 10.6. The largest absolute Gasteiger partial charge is 0.454 e. The maximum Gasteiger partial charge on any atom is 0.248 e. The summed E-state index contributed by atoms with van der Waals surface area (Å²) in [5, 5.41) is 11.2. The Morgan fingerprint density at radius 3 is 2.59 bits per heavy atom. The average molecular weight is 455 g/mol. The van der Waals surface area contributed by atoms with Gasteiger partial charge in [-0.05, 0) is 68.0 Å². The van der Waals surface area contributed by atoms with E-state index in [0.717, 1.165) is 17.0 Å². The van der Waals surface area contributed by atoms with Crippen molar-refractivity contribution in [3.63, 3.8) is 0 Å². The van der Waals surface area contributed by atoms with E-state index in [0.29, 0.717) is 34.6 Å². The van der Waals surface area contributed by atoms with Gasteiger partial charge in [-0.2, -0.15) is 0 Å². The summed E-state index contributed by atoms with van der Waals surface area (Å²) in [6.45, 7) is 4.13. The van der Waals surface area contributed by atoms with Crippen LogP contribution in [0.2, 0.25) is 0 Å². The highest BCUT2D eigenvalue weighted by atomic mass is 16.7. The van der Waals surface area contributed by atoms with Crippen LogP contribution in [0.1, 0.15) is 17.0 Å². The van der Waals surface area contributed by atoms with E-state index < -0.39 is 0 Å². The van der Waals surface area contributed by atoms with Gasteiger partial charge in [-0.1, -0.05) is 6.07 Å². The molecule has 2 aromatic heterocycles. The lowest BCUT2D eigenvalue weighted by Gasteiger charge is -2.07. The fourth-order valence-corrected chi connectivity index (χ4v) is 3.33. The van der Waals surface area contributed by atoms with Crippen LogP contribution in [0.15, 0.2) is 67.0 Å². The summed E-state index contributed by atoms with van der Waals surface area (Å²) < 4.78 is 18.3. The number of imidazole rings is 1. The van der Waals surface area contributed by atoms with Crippen molar-refractivity contribution in [3.8, 4) is 28.9 Å². The second kappa shape index (κ2) is 9.07. The monoisotopic (exact) mass is 455 g/mol. The van der Waals surface area contributed by atoms with E-state index >= 15 is 0 Å². The maximum atomic E-state index is 12.3. The number of nitrogens with one attached hydrogen (secondary N) is 1. The van der Waals surface area contributed by atoms with Crippen molar-refractivity contribution < 1.29 is 19.0 Å². The first-order valence-electron chi connectivity index (χ1n) is 10.6. The minimum atomic E-state index is -0.252. The molecule has 2 aromatic carbocycles. The van der Waals surface area contributed by atoms with Crippen molar-refractivity contribution in [2.24, 2.45) is 0 Å². The number of fused-ring (bicyclic) bond motifs is 1. The molecule has 34 heavy (non-hydrogen) atoms. The van der Waals surface area contributed by atoms with Gasteiger partial charge >= 0.3 is 0 Å². The second-order valence-corrected chi connectivity index (χ2v) is 7.58. The lowest BCUT2D eigenvalue weighted by molar-refractivity contribution is -0.111. The van der Waals surface area contributed by atoms with Crippen LogP contribution < -0.4 is 19.5 Å². The summed E-state index contributed by atoms with van der Waals surface area (Å²) in [5.41, 5.74) is 3.43. The molecule has 1 N–H and O–H groups in total. The van der Waals surface area contributed by atoms with Crippen molar-refractivity contribution in [2.45, 2.75) is 13.8 Å². The van der Waals surface area contributed by atoms with Crippen LogP contribution >= 0.6 is 0 Å². The zero-order valence-electron chi connectivity index (χ0n) is 18.6. The molecule has 0 radical (unpaired) electrons. The molecule has 9 nitrogen and oxygen atoms in total. The fraction of sp³-hybridized carbons (Fsp3) is 0.120. The highest BCUT2D eigenvalue weighted by Crippen LogP contribution is 2.32. The standard InChI is InChI=1S/C25H21N5O4/c1-16-17(2)30(14-26-16)23-10-12-25(29-28-23)34-20-7-5-19(6-8-20)27-24(31)11-4-18-3-9-21-22(13-18)33-15-32-21/h3-14H,15H2,1-2H3,(H,27,31)/b11-4+. The molecule has 0 saturated heterocycles. The van der Waals surface area contributed by atoms with Gasteiger partial charge in [0.15, 0.2) is 17.3 Å². The van der Waals surface area contributed by atoms with Gasteiger partial charge in [-0.3, -0.25) is 9.36 Å². The molecule has 0 spiro atoms. The Morgan fingerprint density at radius 2 is 1.85 bits per heavy atom. The number of nitrogens with zero attached hydrogens (tertiary/aromatic N) is 4.